The number of amides is 1. The second-order valence-corrected chi connectivity index (χ2v) is 5.31. The SMILES string of the molecule is CCC(C)(C)CNC(=O)c1ccnc(Cl)c1[N+](=O)[O-]. The topological polar surface area (TPSA) is 85.1 Å². The van der Waals surface area contributed by atoms with Gasteiger partial charge < -0.3 is 5.32 Å². The lowest BCUT2D eigenvalue weighted by atomic mass is 9.90. The van der Waals surface area contributed by atoms with E-state index in [9.17, 15) is 14.9 Å². The third-order valence-corrected chi connectivity index (χ3v) is 3.27. The maximum absolute atomic E-state index is 12.0. The summed E-state index contributed by atoms with van der Waals surface area (Å²) in [6.07, 6.45) is 2.15. The van der Waals surface area contributed by atoms with E-state index in [4.69, 9.17) is 11.6 Å². The predicted molar refractivity (Wildman–Crippen MR) is 72.3 cm³/mol. The first-order valence-corrected chi connectivity index (χ1v) is 6.23. The van der Waals surface area contributed by atoms with Gasteiger partial charge in [-0.15, -0.1) is 0 Å². The molecule has 0 aliphatic carbocycles. The molecule has 19 heavy (non-hydrogen) atoms. The molecule has 1 aromatic rings. The number of rotatable bonds is 5. The molecule has 0 aromatic carbocycles. The summed E-state index contributed by atoms with van der Waals surface area (Å²) in [6.45, 7) is 6.44. The third-order valence-electron chi connectivity index (χ3n) is 2.99. The molecular weight excluding hydrogens is 270 g/mol. The molecule has 1 amide bonds. The van der Waals surface area contributed by atoms with Crippen molar-refractivity contribution in [3.05, 3.63) is 33.1 Å². The number of hydrogen-bond acceptors (Lipinski definition) is 4. The molecule has 0 aliphatic rings. The van der Waals surface area contributed by atoms with Crippen molar-refractivity contribution < 1.29 is 9.72 Å². The predicted octanol–water partition coefficient (Wildman–Crippen LogP) is 2.81. The Morgan fingerprint density at radius 2 is 2.21 bits per heavy atom. The number of carbonyl (C=O) groups excluding carboxylic acids is 1. The summed E-state index contributed by atoms with van der Waals surface area (Å²) in [5.41, 5.74) is -0.603. The van der Waals surface area contributed by atoms with Gasteiger partial charge in [0.05, 0.1) is 4.92 Å². The first-order valence-electron chi connectivity index (χ1n) is 5.85. The first kappa shape index (κ1) is 15.4. The van der Waals surface area contributed by atoms with Gasteiger partial charge in [-0.25, -0.2) is 4.98 Å². The van der Waals surface area contributed by atoms with E-state index in [2.05, 4.69) is 10.3 Å². The zero-order valence-corrected chi connectivity index (χ0v) is 11.8. The molecule has 0 atom stereocenters. The van der Waals surface area contributed by atoms with Crippen LogP contribution in [0.25, 0.3) is 0 Å². The van der Waals surface area contributed by atoms with E-state index in [1.165, 1.54) is 12.3 Å². The molecule has 1 aromatic heterocycles. The Balaban J connectivity index is 2.95. The molecule has 6 nitrogen and oxygen atoms in total. The van der Waals surface area contributed by atoms with Gasteiger partial charge in [-0.2, -0.15) is 0 Å². The van der Waals surface area contributed by atoms with Crippen LogP contribution in [0.3, 0.4) is 0 Å². The Morgan fingerprint density at radius 3 is 2.74 bits per heavy atom. The maximum Gasteiger partial charge on any atom is 0.319 e. The minimum absolute atomic E-state index is 0.0682. The van der Waals surface area contributed by atoms with Crippen LogP contribution in [-0.2, 0) is 0 Å². The highest BCUT2D eigenvalue weighted by atomic mass is 35.5. The fourth-order valence-corrected chi connectivity index (χ4v) is 1.55. The third kappa shape index (κ3) is 3.89. The van der Waals surface area contributed by atoms with E-state index in [1.807, 2.05) is 20.8 Å². The summed E-state index contributed by atoms with van der Waals surface area (Å²) < 4.78 is 0. The number of carbonyl (C=O) groups is 1. The number of nitrogens with zero attached hydrogens (tertiary/aromatic N) is 2. The summed E-state index contributed by atoms with van der Waals surface area (Å²) in [6, 6.07) is 1.29. The second-order valence-electron chi connectivity index (χ2n) is 4.96. The monoisotopic (exact) mass is 285 g/mol. The van der Waals surface area contributed by atoms with Crippen LogP contribution in [0.5, 0.6) is 0 Å². The number of aromatic nitrogens is 1. The van der Waals surface area contributed by atoms with Gasteiger partial charge in [0, 0.05) is 12.7 Å². The number of nitrogens with one attached hydrogen (secondary N) is 1. The molecule has 1 heterocycles. The standard InChI is InChI=1S/C12H16ClN3O3/c1-4-12(2,3)7-15-11(17)8-5-6-14-10(13)9(8)16(18)19/h5-6H,4,7H2,1-3H3,(H,15,17). The number of pyridine rings is 1. The van der Waals surface area contributed by atoms with Gasteiger partial charge in [0.1, 0.15) is 5.56 Å². The minimum Gasteiger partial charge on any atom is -0.351 e. The van der Waals surface area contributed by atoms with Gasteiger partial charge in [0.25, 0.3) is 5.91 Å². The van der Waals surface area contributed by atoms with Crippen LogP contribution in [0.2, 0.25) is 5.15 Å². The summed E-state index contributed by atoms with van der Waals surface area (Å²) in [5, 5.41) is 13.3. The van der Waals surface area contributed by atoms with Crippen molar-refractivity contribution in [3.63, 3.8) is 0 Å². The van der Waals surface area contributed by atoms with Crippen molar-refractivity contribution in [1.29, 1.82) is 0 Å². The van der Waals surface area contributed by atoms with Gasteiger partial charge in [0.2, 0.25) is 5.15 Å². The van der Waals surface area contributed by atoms with Gasteiger partial charge in [0.15, 0.2) is 0 Å². The highest BCUT2D eigenvalue weighted by Crippen LogP contribution is 2.26. The first-order chi connectivity index (χ1) is 8.78. The van der Waals surface area contributed by atoms with Crippen LogP contribution in [0.4, 0.5) is 5.69 Å². The van der Waals surface area contributed by atoms with Gasteiger partial charge in [-0.05, 0) is 17.9 Å². The fourth-order valence-electron chi connectivity index (χ4n) is 1.33. The molecular formula is C12H16ClN3O3. The Labute approximate surface area is 116 Å². The van der Waals surface area contributed by atoms with Crippen molar-refractivity contribution >= 4 is 23.2 Å². The van der Waals surface area contributed by atoms with Crippen LogP contribution in [0.15, 0.2) is 12.3 Å². The molecule has 0 spiro atoms. The van der Waals surface area contributed by atoms with Crippen LogP contribution in [0.1, 0.15) is 37.6 Å². The normalized spacial score (nSPS) is 11.2. The van der Waals surface area contributed by atoms with E-state index in [0.29, 0.717) is 6.54 Å². The molecule has 0 saturated heterocycles. The second kappa shape index (κ2) is 5.97. The highest BCUT2D eigenvalue weighted by molar-refractivity contribution is 6.32. The number of nitro groups is 1. The average Bonchev–Trinajstić information content (AvgIpc) is 2.35. The van der Waals surface area contributed by atoms with Gasteiger partial charge >= 0.3 is 5.69 Å². The zero-order chi connectivity index (χ0) is 14.6. The Bertz CT molecular complexity index is 503. The summed E-state index contributed by atoms with van der Waals surface area (Å²) in [4.78, 5) is 25.8. The van der Waals surface area contributed by atoms with E-state index in [-0.39, 0.29) is 16.1 Å². The Kier molecular flexibility index (Phi) is 4.83. The lowest BCUT2D eigenvalue weighted by Gasteiger charge is -2.22. The summed E-state index contributed by atoms with van der Waals surface area (Å²) in [5.74, 6) is -0.516. The lowest BCUT2D eigenvalue weighted by Crippen LogP contribution is -2.34. The fraction of sp³-hybridized carbons (Fsp3) is 0.500. The smallest absolute Gasteiger partial charge is 0.319 e. The molecule has 1 rings (SSSR count). The lowest BCUT2D eigenvalue weighted by molar-refractivity contribution is -0.385. The molecule has 0 fully saturated rings. The zero-order valence-electron chi connectivity index (χ0n) is 11.1. The summed E-state index contributed by atoms with van der Waals surface area (Å²) in [7, 11) is 0. The molecule has 0 bridgehead atoms. The van der Waals surface area contributed by atoms with Crippen molar-refractivity contribution in [1.82, 2.24) is 10.3 Å². The van der Waals surface area contributed by atoms with E-state index in [1.54, 1.807) is 0 Å². The quantitative estimate of drug-likeness (QED) is 0.512. The average molecular weight is 286 g/mol. The Hall–Kier alpha value is -1.69. The molecule has 0 saturated carbocycles. The largest absolute Gasteiger partial charge is 0.351 e. The van der Waals surface area contributed by atoms with Crippen molar-refractivity contribution in [2.45, 2.75) is 27.2 Å². The molecule has 1 N–H and O–H groups in total. The van der Waals surface area contributed by atoms with Crippen LogP contribution >= 0.6 is 11.6 Å². The summed E-state index contributed by atoms with van der Waals surface area (Å²) >= 11 is 5.65. The van der Waals surface area contributed by atoms with Crippen molar-refractivity contribution in [2.75, 3.05) is 6.54 Å². The van der Waals surface area contributed by atoms with Crippen molar-refractivity contribution in [2.24, 2.45) is 5.41 Å². The van der Waals surface area contributed by atoms with Gasteiger partial charge in [-0.1, -0.05) is 32.4 Å². The minimum atomic E-state index is -0.699. The molecule has 0 radical (unpaired) electrons. The van der Waals surface area contributed by atoms with E-state index in [0.717, 1.165) is 6.42 Å². The molecule has 0 unspecified atom stereocenters. The van der Waals surface area contributed by atoms with Crippen LogP contribution in [-0.4, -0.2) is 22.4 Å². The number of halogens is 1. The Morgan fingerprint density at radius 1 is 1.58 bits per heavy atom. The highest BCUT2D eigenvalue weighted by Gasteiger charge is 2.25. The van der Waals surface area contributed by atoms with Crippen LogP contribution < -0.4 is 5.32 Å². The molecule has 0 aliphatic heterocycles. The molecule has 7 heteroatoms. The number of hydrogen-bond donors (Lipinski definition) is 1. The van der Waals surface area contributed by atoms with Gasteiger partial charge in [-0.3, -0.25) is 14.9 Å². The van der Waals surface area contributed by atoms with E-state index < -0.39 is 16.5 Å². The van der Waals surface area contributed by atoms with Crippen LogP contribution in [0, 0.1) is 15.5 Å². The maximum atomic E-state index is 12.0. The molecule has 104 valence electrons. The van der Waals surface area contributed by atoms with Crippen molar-refractivity contribution in [3.8, 4) is 0 Å². The van der Waals surface area contributed by atoms with E-state index >= 15 is 0 Å².